The Balaban J connectivity index is 1.12. The number of piperidine rings is 1. The number of hydrogen-bond donors (Lipinski definition) is 1. The van der Waals surface area contributed by atoms with Gasteiger partial charge in [0.2, 0.25) is 0 Å². The molecule has 176 valence electrons. The van der Waals surface area contributed by atoms with E-state index in [1.54, 1.807) is 5.56 Å². The zero-order valence-corrected chi connectivity index (χ0v) is 20.2. The van der Waals surface area contributed by atoms with Gasteiger partial charge in [0.1, 0.15) is 0 Å². The molecular formula is C28H39N5. The van der Waals surface area contributed by atoms with Crippen LogP contribution in [0.4, 0.5) is 5.69 Å². The third-order valence-corrected chi connectivity index (χ3v) is 8.60. The summed E-state index contributed by atoms with van der Waals surface area (Å²) in [7, 11) is 2.30. The van der Waals surface area contributed by atoms with E-state index in [1.165, 1.54) is 87.2 Å². The summed E-state index contributed by atoms with van der Waals surface area (Å²) in [6.45, 7) is 7.10. The molecule has 4 aliphatic rings. The van der Waals surface area contributed by atoms with Gasteiger partial charge in [0.05, 0.1) is 11.7 Å². The fraction of sp³-hybridized carbons (Fsp3) is 0.607. The van der Waals surface area contributed by atoms with Gasteiger partial charge in [-0.1, -0.05) is 24.6 Å². The molecule has 0 saturated carbocycles. The lowest BCUT2D eigenvalue weighted by Crippen LogP contribution is -2.60. The number of aromatic nitrogens is 1. The van der Waals surface area contributed by atoms with E-state index in [0.29, 0.717) is 12.1 Å². The average molecular weight is 446 g/mol. The Morgan fingerprint density at radius 2 is 1.88 bits per heavy atom. The van der Waals surface area contributed by atoms with Gasteiger partial charge in [0, 0.05) is 50.1 Å². The van der Waals surface area contributed by atoms with E-state index in [1.807, 2.05) is 6.20 Å². The fourth-order valence-electron chi connectivity index (χ4n) is 6.68. The number of rotatable bonds is 5. The first-order valence-electron chi connectivity index (χ1n) is 13.2. The first kappa shape index (κ1) is 21.6. The summed E-state index contributed by atoms with van der Waals surface area (Å²) in [5.74, 6) is 0. The summed E-state index contributed by atoms with van der Waals surface area (Å²) in [6.07, 6.45) is 11.0. The quantitative estimate of drug-likeness (QED) is 0.758. The second kappa shape index (κ2) is 9.36. The zero-order chi connectivity index (χ0) is 22.2. The molecule has 0 unspecified atom stereocenters. The number of aryl methyl sites for hydroxylation is 1. The predicted molar refractivity (Wildman–Crippen MR) is 135 cm³/mol. The van der Waals surface area contributed by atoms with Gasteiger partial charge in [-0.3, -0.25) is 14.8 Å². The molecule has 0 spiro atoms. The second-order valence-corrected chi connectivity index (χ2v) is 10.7. The molecule has 2 fully saturated rings. The molecule has 0 bridgehead atoms. The third-order valence-electron chi connectivity index (χ3n) is 8.60. The molecule has 6 rings (SSSR count). The topological polar surface area (TPSA) is 34.6 Å². The van der Waals surface area contributed by atoms with Crippen LogP contribution in [-0.2, 0) is 19.4 Å². The molecule has 4 heterocycles. The van der Waals surface area contributed by atoms with E-state index in [-0.39, 0.29) is 0 Å². The highest BCUT2D eigenvalue weighted by molar-refractivity contribution is 5.60. The van der Waals surface area contributed by atoms with E-state index in [9.17, 15) is 0 Å². The van der Waals surface area contributed by atoms with E-state index in [0.717, 1.165) is 25.6 Å². The van der Waals surface area contributed by atoms with Crippen molar-refractivity contribution >= 4 is 5.69 Å². The minimum atomic E-state index is 0.453. The average Bonchev–Trinajstić information content (AvgIpc) is 2.83. The number of hydrogen-bond acceptors (Lipinski definition) is 5. The molecule has 2 saturated heterocycles. The summed E-state index contributed by atoms with van der Waals surface area (Å²) in [6, 6.07) is 13.0. The molecule has 1 N–H and O–H groups in total. The van der Waals surface area contributed by atoms with Crippen LogP contribution in [-0.4, -0.2) is 66.6 Å². The number of pyridine rings is 1. The minimum absolute atomic E-state index is 0.453. The van der Waals surface area contributed by atoms with Crippen molar-refractivity contribution in [3.8, 4) is 0 Å². The van der Waals surface area contributed by atoms with E-state index in [4.69, 9.17) is 4.98 Å². The van der Waals surface area contributed by atoms with Crippen molar-refractivity contribution in [3.05, 3.63) is 58.9 Å². The molecule has 0 radical (unpaired) electrons. The van der Waals surface area contributed by atoms with Crippen LogP contribution >= 0.6 is 0 Å². The van der Waals surface area contributed by atoms with Crippen LogP contribution in [0.25, 0.3) is 0 Å². The van der Waals surface area contributed by atoms with Gasteiger partial charge in [-0.15, -0.1) is 0 Å². The molecule has 2 atom stereocenters. The van der Waals surface area contributed by atoms with Gasteiger partial charge < -0.3 is 10.2 Å². The zero-order valence-electron chi connectivity index (χ0n) is 20.2. The first-order valence-corrected chi connectivity index (χ1v) is 13.2. The van der Waals surface area contributed by atoms with Crippen molar-refractivity contribution in [2.45, 2.75) is 69.6 Å². The van der Waals surface area contributed by atoms with Crippen LogP contribution < -0.4 is 10.2 Å². The van der Waals surface area contributed by atoms with Gasteiger partial charge in [-0.05, 0) is 87.5 Å². The molecule has 3 aliphatic heterocycles. The fourth-order valence-corrected chi connectivity index (χ4v) is 6.68. The summed E-state index contributed by atoms with van der Waals surface area (Å²) in [4.78, 5) is 12.7. The van der Waals surface area contributed by atoms with Gasteiger partial charge in [-0.2, -0.15) is 0 Å². The monoisotopic (exact) mass is 445 g/mol. The van der Waals surface area contributed by atoms with Crippen LogP contribution in [0.15, 0.2) is 36.5 Å². The molecule has 1 aromatic heterocycles. The van der Waals surface area contributed by atoms with Crippen molar-refractivity contribution in [2.75, 3.05) is 44.7 Å². The van der Waals surface area contributed by atoms with E-state index in [2.05, 4.69) is 57.4 Å². The number of anilines is 1. The standard InChI is InChI=1S/C28H39N5/c1-31(27-12-5-8-21-10-7-13-29-28(21)27)18-23-16-25-22(17-30-23)9-6-11-26(25)33-19-24(20-33)32-14-3-2-4-15-32/h6-7,9-11,13,23-24,27,30H,2-5,8,12,14-20H2,1H3/t23-,27-/m0/s1. The predicted octanol–water partition coefficient (Wildman–Crippen LogP) is 3.78. The smallest absolute Gasteiger partial charge is 0.0607 e. The highest BCUT2D eigenvalue weighted by Crippen LogP contribution is 2.35. The normalized spacial score (nSPS) is 26.1. The van der Waals surface area contributed by atoms with Crippen molar-refractivity contribution in [2.24, 2.45) is 0 Å². The minimum Gasteiger partial charge on any atom is -0.368 e. The summed E-state index contributed by atoms with van der Waals surface area (Å²) in [5, 5.41) is 3.84. The van der Waals surface area contributed by atoms with E-state index >= 15 is 0 Å². The lowest BCUT2D eigenvalue weighted by atomic mass is 9.89. The van der Waals surface area contributed by atoms with Gasteiger partial charge in [-0.25, -0.2) is 0 Å². The second-order valence-electron chi connectivity index (χ2n) is 10.7. The Hall–Kier alpha value is -1.95. The maximum absolute atomic E-state index is 4.78. The molecular weight excluding hydrogens is 406 g/mol. The molecule has 2 aromatic rings. The molecule has 1 aliphatic carbocycles. The highest BCUT2D eigenvalue weighted by atomic mass is 15.3. The SMILES string of the molecule is CN(C[C@@H]1Cc2c(cccc2N2CC(N3CCCCC3)C2)CN1)[C@H]1CCCc2cccnc21. The lowest BCUT2D eigenvalue weighted by Gasteiger charge is -2.49. The number of likely N-dealkylation sites (tertiary alicyclic amines) is 1. The largest absolute Gasteiger partial charge is 0.368 e. The van der Waals surface area contributed by atoms with Crippen LogP contribution in [0, 0.1) is 0 Å². The maximum Gasteiger partial charge on any atom is 0.0607 e. The van der Waals surface area contributed by atoms with Crippen LogP contribution in [0.5, 0.6) is 0 Å². The number of nitrogens with one attached hydrogen (secondary N) is 1. The third kappa shape index (κ3) is 4.31. The van der Waals surface area contributed by atoms with Crippen LogP contribution in [0.1, 0.15) is 60.5 Å². The Morgan fingerprint density at radius 3 is 2.76 bits per heavy atom. The molecule has 33 heavy (non-hydrogen) atoms. The Kier molecular flexibility index (Phi) is 6.12. The number of fused-ring (bicyclic) bond motifs is 2. The molecule has 5 heteroatoms. The highest BCUT2D eigenvalue weighted by Gasteiger charge is 2.35. The number of benzene rings is 1. The lowest BCUT2D eigenvalue weighted by molar-refractivity contribution is 0.138. The van der Waals surface area contributed by atoms with Crippen molar-refractivity contribution in [3.63, 3.8) is 0 Å². The summed E-state index contributed by atoms with van der Waals surface area (Å²) >= 11 is 0. The number of likely N-dealkylation sites (N-methyl/N-ethyl adjacent to an activating group) is 1. The van der Waals surface area contributed by atoms with Gasteiger partial charge in [0.25, 0.3) is 0 Å². The summed E-state index contributed by atoms with van der Waals surface area (Å²) < 4.78 is 0. The van der Waals surface area contributed by atoms with Crippen molar-refractivity contribution in [1.29, 1.82) is 0 Å². The number of nitrogens with zero attached hydrogens (tertiary/aromatic N) is 4. The Morgan fingerprint density at radius 1 is 1.03 bits per heavy atom. The molecule has 5 nitrogen and oxygen atoms in total. The van der Waals surface area contributed by atoms with Gasteiger partial charge in [0.15, 0.2) is 0 Å². The maximum atomic E-state index is 4.78. The summed E-state index contributed by atoms with van der Waals surface area (Å²) in [5.41, 5.74) is 7.35. The van der Waals surface area contributed by atoms with Gasteiger partial charge >= 0.3 is 0 Å². The van der Waals surface area contributed by atoms with E-state index < -0.39 is 0 Å². The van der Waals surface area contributed by atoms with Crippen molar-refractivity contribution < 1.29 is 0 Å². The Bertz CT molecular complexity index is 963. The van der Waals surface area contributed by atoms with Crippen LogP contribution in [0.2, 0.25) is 0 Å². The molecule has 1 aromatic carbocycles. The first-order chi connectivity index (χ1) is 16.3. The Labute approximate surface area is 199 Å². The van der Waals surface area contributed by atoms with Crippen LogP contribution in [0.3, 0.4) is 0 Å². The molecule has 0 amide bonds. The van der Waals surface area contributed by atoms with Crippen molar-refractivity contribution in [1.82, 2.24) is 20.1 Å².